The molecule has 3 aromatic rings. The molecule has 0 aliphatic rings. The number of likely N-dealkylation sites (N-methyl/N-ethyl adjacent to an activating group) is 1. The topological polar surface area (TPSA) is 95.4 Å². The normalized spacial score (nSPS) is 12.0. The van der Waals surface area contributed by atoms with Crippen molar-refractivity contribution < 1.29 is 13.5 Å². The van der Waals surface area contributed by atoms with Crippen molar-refractivity contribution in [1.29, 1.82) is 0 Å². The Hall–Kier alpha value is -2.07. The van der Waals surface area contributed by atoms with Gasteiger partial charge in [0.1, 0.15) is 17.0 Å². The molecule has 7 nitrogen and oxygen atoms in total. The summed E-state index contributed by atoms with van der Waals surface area (Å²) >= 11 is 1.52. The van der Waals surface area contributed by atoms with Crippen LogP contribution in [0.3, 0.4) is 0 Å². The van der Waals surface area contributed by atoms with E-state index in [1.807, 2.05) is 11.4 Å². The lowest BCUT2D eigenvalue weighted by molar-refractivity contribution is 0.266. The van der Waals surface area contributed by atoms with Gasteiger partial charge in [-0.05, 0) is 23.1 Å². The number of hydrogen-bond donors (Lipinski definition) is 2. The predicted molar refractivity (Wildman–Crippen MR) is 98.1 cm³/mol. The van der Waals surface area contributed by atoms with Crippen molar-refractivity contribution in [3.05, 3.63) is 47.6 Å². The van der Waals surface area contributed by atoms with Crippen LogP contribution in [0.15, 0.2) is 46.9 Å². The molecule has 0 saturated heterocycles. The van der Waals surface area contributed by atoms with Gasteiger partial charge in [-0.15, -0.1) is 11.3 Å². The van der Waals surface area contributed by atoms with Crippen molar-refractivity contribution in [1.82, 2.24) is 14.3 Å². The Balaban J connectivity index is 1.88. The van der Waals surface area contributed by atoms with Gasteiger partial charge in [0.05, 0.1) is 16.9 Å². The van der Waals surface area contributed by atoms with Gasteiger partial charge in [0.25, 0.3) is 0 Å². The Morgan fingerprint density at radius 2 is 2.04 bits per heavy atom. The van der Waals surface area contributed by atoms with E-state index >= 15 is 0 Å². The molecule has 0 saturated carbocycles. The molecule has 0 aliphatic carbocycles. The van der Waals surface area contributed by atoms with Crippen LogP contribution in [-0.2, 0) is 16.6 Å². The van der Waals surface area contributed by atoms with Crippen LogP contribution in [0.25, 0.3) is 10.2 Å². The summed E-state index contributed by atoms with van der Waals surface area (Å²) in [5, 5.41) is 15.1. The number of hydrogen-bond acceptors (Lipinski definition) is 7. The lowest BCUT2D eigenvalue weighted by Gasteiger charge is -2.18. The van der Waals surface area contributed by atoms with Crippen molar-refractivity contribution >= 4 is 37.4 Å². The Morgan fingerprint density at radius 3 is 2.84 bits per heavy atom. The molecule has 9 heteroatoms. The van der Waals surface area contributed by atoms with Crippen molar-refractivity contribution in [3.8, 4) is 0 Å². The fourth-order valence-corrected chi connectivity index (χ4v) is 4.55. The first-order valence-electron chi connectivity index (χ1n) is 7.61. The van der Waals surface area contributed by atoms with E-state index in [0.29, 0.717) is 17.9 Å². The van der Waals surface area contributed by atoms with E-state index in [1.54, 1.807) is 24.3 Å². The molecule has 1 aromatic carbocycles. The van der Waals surface area contributed by atoms with Crippen LogP contribution in [0.5, 0.6) is 0 Å². The van der Waals surface area contributed by atoms with Crippen molar-refractivity contribution in [2.24, 2.45) is 0 Å². The minimum atomic E-state index is -3.67. The van der Waals surface area contributed by atoms with Gasteiger partial charge in [-0.25, -0.2) is 18.4 Å². The predicted octanol–water partition coefficient (Wildman–Crippen LogP) is 1.92. The van der Waals surface area contributed by atoms with Gasteiger partial charge in [0.15, 0.2) is 0 Å². The Labute approximate surface area is 150 Å². The molecule has 2 aromatic heterocycles. The van der Waals surface area contributed by atoms with Gasteiger partial charge in [-0.2, -0.15) is 4.31 Å². The summed E-state index contributed by atoms with van der Waals surface area (Å²) in [6.07, 6.45) is 1.48. The van der Waals surface area contributed by atoms with Gasteiger partial charge in [0, 0.05) is 20.1 Å². The first kappa shape index (κ1) is 17.7. The van der Waals surface area contributed by atoms with E-state index in [1.165, 1.54) is 24.7 Å². The molecule has 2 N–H and O–H groups in total. The third kappa shape index (κ3) is 3.64. The molecule has 2 heterocycles. The monoisotopic (exact) mass is 378 g/mol. The van der Waals surface area contributed by atoms with Crippen molar-refractivity contribution in [3.63, 3.8) is 0 Å². The maximum Gasteiger partial charge on any atom is 0.243 e. The summed E-state index contributed by atoms with van der Waals surface area (Å²) in [7, 11) is -2.21. The maximum atomic E-state index is 12.7. The van der Waals surface area contributed by atoms with Crippen LogP contribution >= 0.6 is 11.3 Å². The third-order valence-electron chi connectivity index (χ3n) is 3.78. The summed E-state index contributed by atoms with van der Waals surface area (Å²) < 4.78 is 26.5. The first-order chi connectivity index (χ1) is 12.0. The zero-order valence-corrected chi connectivity index (χ0v) is 15.2. The Morgan fingerprint density at radius 1 is 1.24 bits per heavy atom. The number of fused-ring (bicyclic) bond motifs is 1. The van der Waals surface area contributed by atoms with Crippen LogP contribution in [0, 0.1) is 0 Å². The van der Waals surface area contributed by atoms with Crippen LogP contribution in [0.4, 0.5) is 5.82 Å². The summed E-state index contributed by atoms with van der Waals surface area (Å²) in [6, 6.07) is 8.74. The molecule has 132 valence electrons. The minimum absolute atomic E-state index is 0.0472. The molecular formula is C16H18N4O3S2. The maximum absolute atomic E-state index is 12.7. The number of sulfonamides is 1. The highest BCUT2D eigenvalue weighted by atomic mass is 32.2. The second-order valence-corrected chi connectivity index (χ2v) is 8.28. The first-order valence-corrected chi connectivity index (χ1v) is 9.93. The van der Waals surface area contributed by atoms with E-state index in [4.69, 9.17) is 5.11 Å². The van der Waals surface area contributed by atoms with E-state index in [-0.39, 0.29) is 18.0 Å². The highest BCUT2D eigenvalue weighted by Crippen LogP contribution is 2.25. The Kier molecular flexibility index (Phi) is 5.28. The zero-order chi connectivity index (χ0) is 17.9. The lowest BCUT2D eigenvalue weighted by atomic mass is 10.2. The smallest absolute Gasteiger partial charge is 0.243 e. The van der Waals surface area contributed by atoms with Crippen molar-refractivity contribution in [2.45, 2.75) is 11.4 Å². The van der Waals surface area contributed by atoms with Gasteiger partial charge >= 0.3 is 0 Å². The molecule has 0 radical (unpaired) electrons. The molecule has 0 spiro atoms. The van der Waals surface area contributed by atoms with Crippen LogP contribution in [0.2, 0.25) is 0 Å². The average Bonchev–Trinajstić information content (AvgIpc) is 3.09. The number of benzene rings is 1. The van der Waals surface area contributed by atoms with Gasteiger partial charge < -0.3 is 10.4 Å². The second kappa shape index (κ2) is 7.44. The van der Waals surface area contributed by atoms with Crippen LogP contribution < -0.4 is 5.32 Å². The summed E-state index contributed by atoms with van der Waals surface area (Å²) in [5.74, 6) is 0.669. The molecule has 0 amide bonds. The van der Waals surface area contributed by atoms with E-state index in [2.05, 4.69) is 15.3 Å². The SMILES string of the molecule is CN(CCO)S(=O)(=O)c1ccccc1CNc1ncnc2sccc12. The lowest BCUT2D eigenvalue weighted by Crippen LogP contribution is -2.30. The second-order valence-electron chi connectivity index (χ2n) is 5.37. The fourth-order valence-electron chi connectivity index (χ4n) is 2.44. The summed E-state index contributed by atoms with van der Waals surface area (Å²) in [6.45, 7) is 0.128. The zero-order valence-electron chi connectivity index (χ0n) is 13.6. The summed E-state index contributed by atoms with van der Waals surface area (Å²) in [5.41, 5.74) is 0.634. The average molecular weight is 378 g/mol. The molecule has 0 atom stereocenters. The quantitative estimate of drug-likeness (QED) is 0.652. The number of nitrogens with one attached hydrogen (secondary N) is 1. The summed E-state index contributed by atoms with van der Waals surface area (Å²) in [4.78, 5) is 9.53. The number of aliphatic hydroxyl groups excluding tert-OH is 1. The number of thiophene rings is 1. The van der Waals surface area contributed by atoms with Gasteiger partial charge in [-0.3, -0.25) is 0 Å². The molecule has 3 rings (SSSR count). The molecule has 25 heavy (non-hydrogen) atoms. The van der Waals surface area contributed by atoms with E-state index in [0.717, 1.165) is 14.5 Å². The number of anilines is 1. The minimum Gasteiger partial charge on any atom is -0.395 e. The highest BCUT2D eigenvalue weighted by Gasteiger charge is 2.23. The molecule has 0 aliphatic heterocycles. The van der Waals surface area contributed by atoms with Crippen LogP contribution in [0.1, 0.15) is 5.56 Å². The Bertz CT molecular complexity index is 972. The molecule has 0 fully saturated rings. The number of aromatic nitrogens is 2. The standard InChI is InChI=1S/C16H18N4O3S2/c1-20(7-8-21)25(22,23)14-5-3-2-4-12(14)10-17-15-13-6-9-24-16(13)19-11-18-15/h2-6,9,11,21H,7-8,10H2,1H3,(H,17,18,19). The number of nitrogens with zero attached hydrogens (tertiary/aromatic N) is 3. The number of rotatable bonds is 7. The molecule has 0 bridgehead atoms. The fraction of sp³-hybridized carbons (Fsp3) is 0.250. The third-order valence-corrected chi connectivity index (χ3v) is 6.56. The van der Waals surface area contributed by atoms with Crippen molar-refractivity contribution in [2.75, 3.05) is 25.5 Å². The molecule has 0 unspecified atom stereocenters. The van der Waals surface area contributed by atoms with Gasteiger partial charge in [0.2, 0.25) is 10.0 Å². The largest absolute Gasteiger partial charge is 0.395 e. The van der Waals surface area contributed by atoms with Crippen LogP contribution in [-0.4, -0.2) is 48.0 Å². The molecular weight excluding hydrogens is 360 g/mol. The highest BCUT2D eigenvalue weighted by molar-refractivity contribution is 7.89. The van der Waals surface area contributed by atoms with E-state index in [9.17, 15) is 8.42 Å². The van der Waals surface area contributed by atoms with E-state index < -0.39 is 10.0 Å². The van der Waals surface area contributed by atoms with Gasteiger partial charge in [-0.1, -0.05) is 18.2 Å². The number of aliphatic hydroxyl groups is 1.